The van der Waals surface area contributed by atoms with Gasteiger partial charge in [0.05, 0.1) is 25.0 Å². The number of nitrogens with zero attached hydrogens (tertiary/aromatic N) is 2. The van der Waals surface area contributed by atoms with Crippen LogP contribution in [0.15, 0.2) is 59.0 Å². The Morgan fingerprint density at radius 3 is 2.34 bits per heavy atom. The molecule has 1 amide bonds. The van der Waals surface area contributed by atoms with E-state index in [9.17, 15) is 4.79 Å². The van der Waals surface area contributed by atoms with Gasteiger partial charge in [0.1, 0.15) is 5.75 Å². The second kappa shape index (κ2) is 12.1. The van der Waals surface area contributed by atoms with Gasteiger partial charge in [-0.15, -0.1) is 17.5 Å². The quantitative estimate of drug-likeness (QED) is 0.456. The summed E-state index contributed by atoms with van der Waals surface area (Å²) in [5.74, 6) is 1.28. The van der Waals surface area contributed by atoms with Crippen molar-refractivity contribution in [1.29, 1.82) is 0 Å². The maximum atomic E-state index is 13.0. The molecule has 0 spiro atoms. The molecule has 1 heterocycles. The monoisotopic (exact) mass is 458 g/mol. The van der Waals surface area contributed by atoms with E-state index < -0.39 is 0 Å². The van der Waals surface area contributed by atoms with Crippen molar-refractivity contribution in [2.45, 2.75) is 45.6 Å². The number of carbonyl (C=O) groups excluding carboxylic acids is 1. The molecule has 3 aromatic rings. The number of halogens is 1. The maximum absolute atomic E-state index is 13.0. The number of anilines is 1. The predicted molar refractivity (Wildman–Crippen MR) is 127 cm³/mol. The fourth-order valence-electron chi connectivity index (χ4n) is 3.12. The number of nitrogens with two attached hydrogens (primary N) is 1. The summed E-state index contributed by atoms with van der Waals surface area (Å²) in [5, 5.41) is 10.8. The molecular weight excluding hydrogens is 428 g/mol. The van der Waals surface area contributed by atoms with Gasteiger partial charge in [-0.25, -0.2) is 0 Å². The van der Waals surface area contributed by atoms with E-state index >= 15 is 0 Å². The Hall–Kier alpha value is -3.06. The third kappa shape index (κ3) is 6.99. The molecule has 0 radical (unpaired) electrons. The number of nitrogen functional groups attached to an aromatic ring is 1. The summed E-state index contributed by atoms with van der Waals surface area (Å²) in [4.78, 5) is 13.0. The van der Waals surface area contributed by atoms with Gasteiger partial charge in [0, 0.05) is 0 Å². The maximum Gasteiger partial charge on any atom is 0.312 e. The Morgan fingerprint density at radius 1 is 1.06 bits per heavy atom. The van der Waals surface area contributed by atoms with E-state index in [0.29, 0.717) is 24.8 Å². The van der Waals surface area contributed by atoms with E-state index in [-0.39, 0.29) is 36.3 Å². The van der Waals surface area contributed by atoms with Crippen LogP contribution >= 0.6 is 12.4 Å². The van der Waals surface area contributed by atoms with Crippen LogP contribution in [0.5, 0.6) is 5.75 Å². The normalized spacial score (nSPS) is 13.5. The zero-order valence-electron chi connectivity index (χ0n) is 18.7. The van der Waals surface area contributed by atoms with Gasteiger partial charge in [-0.3, -0.25) is 4.79 Å². The van der Waals surface area contributed by atoms with Crippen molar-refractivity contribution >= 4 is 24.3 Å². The van der Waals surface area contributed by atoms with Crippen molar-refractivity contribution in [2.75, 3.05) is 12.3 Å². The van der Waals surface area contributed by atoms with Crippen LogP contribution < -0.4 is 15.8 Å². The van der Waals surface area contributed by atoms with E-state index in [1.807, 2.05) is 61.5 Å². The van der Waals surface area contributed by atoms with Gasteiger partial charge in [-0.05, 0) is 36.1 Å². The van der Waals surface area contributed by atoms with Crippen molar-refractivity contribution < 1.29 is 13.9 Å². The summed E-state index contributed by atoms with van der Waals surface area (Å²) in [5.41, 5.74) is 7.43. The van der Waals surface area contributed by atoms with Gasteiger partial charge in [-0.1, -0.05) is 67.8 Å². The fourth-order valence-corrected chi connectivity index (χ4v) is 3.12. The lowest BCUT2D eigenvalue weighted by Crippen LogP contribution is -2.33. The average Bonchev–Trinajstić information content (AvgIpc) is 3.21. The van der Waals surface area contributed by atoms with E-state index in [0.717, 1.165) is 23.3 Å². The Balaban J connectivity index is 0.00000363. The number of hydrogen-bond donors (Lipinski definition) is 2. The minimum atomic E-state index is -0.345. The molecule has 0 unspecified atom stereocenters. The highest BCUT2D eigenvalue weighted by molar-refractivity contribution is 5.85. The number of rotatable bonds is 10. The predicted octanol–water partition coefficient (Wildman–Crippen LogP) is 4.70. The van der Waals surface area contributed by atoms with Gasteiger partial charge in [-0.2, -0.15) is 0 Å². The second-order valence-corrected chi connectivity index (χ2v) is 7.83. The summed E-state index contributed by atoms with van der Waals surface area (Å²) in [7, 11) is 0. The summed E-state index contributed by atoms with van der Waals surface area (Å²) >= 11 is 0. The van der Waals surface area contributed by atoms with Crippen LogP contribution in [0.2, 0.25) is 0 Å². The largest absolute Gasteiger partial charge is 0.493 e. The van der Waals surface area contributed by atoms with Crippen molar-refractivity contribution in [2.24, 2.45) is 5.92 Å². The van der Waals surface area contributed by atoms with Crippen LogP contribution in [0.1, 0.15) is 56.2 Å². The van der Waals surface area contributed by atoms with Crippen molar-refractivity contribution in [3.8, 4) is 5.75 Å². The molecular formula is C24H31ClN4O3. The molecule has 1 aromatic heterocycles. The Bertz CT molecular complexity index is 963. The molecule has 0 aliphatic carbocycles. The molecule has 0 aliphatic heterocycles. The second-order valence-electron chi connectivity index (χ2n) is 7.83. The number of carbonyl (C=O) groups is 1. The Morgan fingerprint density at radius 2 is 1.75 bits per heavy atom. The molecule has 7 nitrogen and oxygen atoms in total. The molecule has 172 valence electrons. The van der Waals surface area contributed by atoms with Crippen molar-refractivity contribution in [3.63, 3.8) is 0 Å². The lowest BCUT2D eigenvalue weighted by atomic mass is 9.98. The van der Waals surface area contributed by atoms with E-state index in [1.54, 1.807) is 0 Å². The Kier molecular flexibility index (Phi) is 9.53. The first-order chi connectivity index (χ1) is 15.0. The zero-order valence-corrected chi connectivity index (χ0v) is 19.5. The van der Waals surface area contributed by atoms with E-state index in [2.05, 4.69) is 29.4 Å². The molecule has 0 fully saturated rings. The van der Waals surface area contributed by atoms with Gasteiger partial charge in [0.25, 0.3) is 0 Å². The summed E-state index contributed by atoms with van der Waals surface area (Å²) in [6.45, 7) is 6.86. The fraction of sp³-hybridized carbons (Fsp3) is 0.375. The van der Waals surface area contributed by atoms with Gasteiger partial charge in [0.15, 0.2) is 0 Å². The van der Waals surface area contributed by atoms with E-state index in [4.69, 9.17) is 14.9 Å². The lowest BCUT2D eigenvalue weighted by Gasteiger charge is -2.21. The number of hydrogen-bond acceptors (Lipinski definition) is 6. The van der Waals surface area contributed by atoms with Crippen LogP contribution in [0.25, 0.3) is 0 Å². The van der Waals surface area contributed by atoms with Crippen LogP contribution in [0, 0.1) is 5.92 Å². The van der Waals surface area contributed by atoms with Crippen molar-refractivity contribution in [3.05, 3.63) is 71.6 Å². The Labute approximate surface area is 195 Å². The highest BCUT2D eigenvalue weighted by atomic mass is 35.5. The third-order valence-electron chi connectivity index (χ3n) is 5.38. The highest BCUT2D eigenvalue weighted by Gasteiger charge is 2.22. The molecule has 3 atom stereocenters. The minimum absolute atomic E-state index is 0. The number of benzene rings is 2. The molecule has 0 saturated carbocycles. The van der Waals surface area contributed by atoms with Crippen molar-refractivity contribution in [1.82, 2.24) is 15.5 Å². The van der Waals surface area contributed by atoms with Crippen LogP contribution in [0.3, 0.4) is 0 Å². The minimum Gasteiger partial charge on any atom is -0.493 e. The van der Waals surface area contributed by atoms with Crippen LogP contribution in [-0.4, -0.2) is 22.7 Å². The smallest absolute Gasteiger partial charge is 0.312 e. The molecule has 0 saturated heterocycles. The SMILES string of the molecule is CC[C@H](C)COc1ccc([C@H](Cc2nnc(N)o2)NC(=O)[C@@H](C)c2ccccc2)cc1.Cl. The molecule has 2 aromatic carbocycles. The van der Waals surface area contributed by atoms with Crippen LogP contribution in [0.4, 0.5) is 6.01 Å². The highest BCUT2D eigenvalue weighted by Crippen LogP contribution is 2.24. The summed E-state index contributed by atoms with van der Waals surface area (Å²) < 4.78 is 11.2. The molecule has 3 N–H and O–H groups in total. The first kappa shape index (κ1) is 25.2. The molecule has 0 bridgehead atoms. The summed E-state index contributed by atoms with van der Waals surface area (Å²) in [6.07, 6.45) is 1.41. The molecule has 32 heavy (non-hydrogen) atoms. The number of aromatic nitrogens is 2. The lowest BCUT2D eigenvalue weighted by molar-refractivity contribution is -0.123. The van der Waals surface area contributed by atoms with E-state index in [1.165, 1.54) is 0 Å². The summed E-state index contributed by atoms with van der Waals surface area (Å²) in [6, 6.07) is 17.1. The average molecular weight is 459 g/mol. The van der Waals surface area contributed by atoms with Gasteiger partial charge in [0.2, 0.25) is 11.8 Å². The molecule has 8 heteroatoms. The number of nitrogens with one attached hydrogen (secondary N) is 1. The molecule has 0 aliphatic rings. The van der Waals surface area contributed by atoms with Gasteiger partial charge >= 0.3 is 6.01 Å². The topological polar surface area (TPSA) is 103 Å². The zero-order chi connectivity index (χ0) is 22.2. The number of ether oxygens (including phenoxy) is 1. The standard InChI is InChI=1S/C24H30N4O3.ClH/c1-4-16(2)15-30-20-12-10-19(11-13-20)21(14-22-27-28-24(25)31-22)26-23(29)17(3)18-8-6-5-7-9-18;/h5-13,16-17,21H,4,14-15H2,1-3H3,(H2,25,28)(H,26,29);1H/t16-,17-,21-;/m0./s1. The van der Waals surface area contributed by atoms with Gasteiger partial charge < -0.3 is 20.2 Å². The first-order valence-corrected chi connectivity index (χ1v) is 10.6. The van der Waals surface area contributed by atoms with Crippen LogP contribution in [-0.2, 0) is 11.2 Å². The number of amides is 1. The molecule has 3 rings (SSSR count). The first-order valence-electron chi connectivity index (χ1n) is 10.6. The third-order valence-corrected chi connectivity index (χ3v) is 5.38.